The zero-order chi connectivity index (χ0) is 9.97. The average molecular weight is 191 g/mol. The maximum Gasteiger partial charge on any atom is 0.0770 e. The number of aryl methyl sites for hydroxylation is 1. The smallest absolute Gasteiger partial charge is 0.0770 e. The van der Waals surface area contributed by atoms with Crippen molar-refractivity contribution in [2.75, 3.05) is 6.61 Å². The molecule has 2 N–H and O–H groups in total. The van der Waals surface area contributed by atoms with Crippen molar-refractivity contribution in [1.82, 2.24) is 0 Å². The van der Waals surface area contributed by atoms with Crippen LogP contribution in [0.15, 0.2) is 24.3 Å². The molecule has 0 saturated carbocycles. The minimum atomic E-state index is 0.0555. The van der Waals surface area contributed by atoms with Crippen LogP contribution in [0.4, 0.5) is 0 Å². The standard InChI is InChI=1S/C12H17NO/c1-2-14-11-8-7-9-5-3-4-6-10(9)12(11)13/h3-6,11-12H,2,7-8,13H2,1H3. The molecule has 1 aliphatic carbocycles. The summed E-state index contributed by atoms with van der Waals surface area (Å²) in [5.74, 6) is 0. The predicted molar refractivity (Wildman–Crippen MR) is 57.1 cm³/mol. The molecule has 0 aliphatic heterocycles. The Morgan fingerprint density at radius 2 is 2.21 bits per heavy atom. The molecule has 14 heavy (non-hydrogen) atoms. The molecule has 0 fully saturated rings. The summed E-state index contributed by atoms with van der Waals surface area (Å²) in [6.07, 6.45) is 2.34. The van der Waals surface area contributed by atoms with Crippen molar-refractivity contribution in [3.63, 3.8) is 0 Å². The highest BCUT2D eigenvalue weighted by molar-refractivity contribution is 5.33. The topological polar surface area (TPSA) is 35.2 Å². The van der Waals surface area contributed by atoms with E-state index in [2.05, 4.69) is 18.2 Å². The second kappa shape index (κ2) is 4.11. The van der Waals surface area contributed by atoms with Crippen LogP contribution in [0.3, 0.4) is 0 Å². The van der Waals surface area contributed by atoms with Gasteiger partial charge in [0.05, 0.1) is 12.1 Å². The Balaban J connectivity index is 2.22. The molecule has 1 aromatic rings. The van der Waals surface area contributed by atoms with Gasteiger partial charge in [0.2, 0.25) is 0 Å². The third kappa shape index (κ3) is 1.68. The van der Waals surface area contributed by atoms with Gasteiger partial charge in [0, 0.05) is 6.61 Å². The van der Waals surface area contributed by atoms with E-state index in [1.54, 1.807) is 0 Å². The molecule has 0 spiro atoms. The van der Waals surface area contributed by atoms with Gasteiger partial charge in [-0.2, -0.15) is 0 Å². The monoisotopic (exact) mass is 191 g/mol. The van der Waals surface area contributed by atoms with E-state index >= 15 is 0 Å². The fourth-order valence-electron chi connectivity index (χ4n) is 2.17. The Morgan fingerprint density at radius 1 is 1.43 bits per heavy atom. The summed E-state index contributed by atoms with van der Waals surface area (Å²) in [5.41, 5.74) is 8.80. The number of rotatable bonds is 2. The molecule has 76 valence electrons. The average Bonchev–Trinajstić information content (AvgIpc) is 2.23. The van der Waals surface area contributed by atoms with Gasteiger partial charge in [0.1, 0.15) is 0 Å². The molecule has 0 amide bonds. The van der Waals surface area contributed by atoms with Gasteiger partial charge in [-0.3, -0.25) is 0 Å². The lowest BCUT2D eigenvalue weighted by molar-refractivity contribution is 0.0335. The van der Waals surface area contributed by atoms with E-state index in [9.17, 15) is 0 Å². The summed E-state index contributed by atoms with van der Waals surface area (Å²) in [5, 5.41) is 0. The van der Waals surface area contributed by atoms with E-state index in [4.69, 9.17) is 10.5 Å². The SMILES string of the molecule is CCOC1CCc2ccccc2C1N. The first-order chi connectivity index (χ1) is 6.83. The van der Waals surface area contributed by atoms with E-state index in [-0.39, 0.29) is 12.1 Å². The predicted octanol–water partition coefficient (Wildman–Crippen LogP) is 2.04. The van der Waals surface area contributed by atoms with Gasteiger partial charge in [0.15, 0.2) is 0 Å². The second-order valence-corrected chi connectivity index (χ2v) is 3.76. The maximum absolute atomic E-state index is 6.15. The normalized spacial score (nSPS) is 25.9. The van der Waals surface area contributed by atoms with Crippen LogP contribution in [0.25, 0.3) is 0 Å². The van der Waals surface area contributed by atoms with Gasteiger partial charge in [-0.1, -0.05) is 24.3 Å². The second-order valence-electron chi connectivity index (χ2n) is 3.76. The molecule has 0 heterocycles. The minimum absolute atomic E-state index is 0.0555. The molecule has 2 unspecified atom stereocenters. The van der Waals surface area contributed by atoms with Gasteiger partial charge in [0.25, 0.3) is 0 Å². The Kier molecular flexibility index (Phi) is 2.85. The third-order valence-corrected chi connectivity index (χ3v) is 2.89. The molecular weight excluding hydrogens is 174 g/mol. The maximum atomic E-state index is 6.15. The number of benzene rings is 1. The van der Waals surface area contributed by atoms with Crippen LogP contribution in [0, 0.1) is 0 Å². The molecule has 0 radical (unpaired) electrons. The van der Waals surface area contributed by atoms with Crippen molar-refractivity contribution in [1.29, 1.82) is 0 Å². The zero-order valence-corrected chi connectivity index (χ0v) is 8.57. The Hall–Kier alpha value is -0.860. The highest BCUT2D eigenvalue weighted by atomic mass is 16.5. The Bertz CT molecular complexity index is 311. The quantitative estimate of drug-likeness (QED) is 0.776. The fourth-order valence-corrected chi connectivity index (χ4v) is 2.17. The van der Waals surface area contributed by atoms with Crippen LogP contribution in [-0.2, 0) is 11.2 Å². The van der Waals surface area contributed by atoms with Crippen molar-refractivity contribution in [2.45, 2.75) is 31.9 Å². The molecule has 2 atom stereocenters. The van der Waals surface area contributed by atoms with Gasteiger partial charge >= 0.3 is 0 Å². The van der Waals surface area contributed by atoms with Gasteiger partial charge in [-0.05, 0) is 30.9 Å². The van der Waals surface area contributed by atoms with E-state index in [1.807, 2.05) is 13.0 Å². The fraction of sp³-hybridized carbons (Fsp3) is 0.500. The lowest BCUT2D eigenvalue weighted by Gasteiger charge is -2.30. The summed E-state index contributed by atoms with van der Waals surface area (Å²) < 4.78 is 5.63. The number of fused-ring (bicyclic) bond motifs is 1. The van der Waals surface area contributed by atoms with Crippen LogP contribution in [0.1, 0.15) is 30.5 Å². The summed E-state index contributed by atoms with van der Waals surface area (Å²) in [6.45, 7) is 2.77. The summed E-state index contributed by atoms with van der Waals surface area (Å²) in [7, 11) is 0. The lowest BCUT2D eigenvalue weighted by Crippen LogP contribution is -2.33. The molecule has 1 aliphatic rings. The summed E-state index contributed by atoms with van der Waals surface area (Å²) in [4.78, 5) is 0. The van der Waals surface area contributed by atoms with Gasteiger partial charge < -0.3 is 10.5 Å². The molecule has 2 rings (SSSR count). The van der Waals surface area contributed by atoms with Crippen LogP contribution in [-0.4, -0.2) is 12.7 Å². The van der Waals surface area contributed by atoms with Crippen LogP contribution in [0.5, 0.6) is 0 Å². The first-order valence-electron chi connectivity index (χ1n) is 5.28. The van der Waals surface area contributed by atoms with E-state index < -0.39 is 0 Å². The summed E-state index contributed by atoms with van der Waals surface area (Å²) in [6, 6.07) is 8.46. The minimum Gasteiger partial charge on any atom is -0.377 e. The number of hydrogen-bond acceptors (Lipinski definition) is 2. The highest BCUT2D eigenvalue weighted by Gasteiger charge is 2.26. The molecule has 2 heteroatoms. The molecule has 0 aromatic heterocycles. The van der Waals surface area contributed by atoms with Gasteiger partial charge in [-0.15, -0.1) is 0 Å². The number of ether oxygens (including phenoxy) is 1. The van der Waals surface area contributed by atoms with E-state index in [0.29, 0.717) is 0 Å². The molecule has 2 nitrogen and oxygen atoms in total. The first-order valence-corrected chi connectivity index (χ1v) is 5.28. The van der Waals surface area contributed by atoms with Crippen LogP contribution in [0.2, 0.25) is 0 Å². The number of nitrogens with two attached hydrogens (primary N) is 1. The Labute approximate surface area is 85.1 Å². The largest absolute Gasteiger partial charge is 0.377 e. The van der Waals surface area contributed by atoms with Crippen molar-refractivity contribution in [2.24, 2.45) is 5.73 Å². The Morgan fingerprint density at radius 3 is 3.00 bits per heavy atom. The molecular formula is C12H17NO. The van der Waals surface area contributed by atoms with Crippen molar-refractivity contribution in [3.05, 3.63) is 35.4 Å². The first kappa shape index (κ1) is 9.69. The molecule has 0 bridgehead atoms. The lowest BCUT2D eigenvalue weighted by atomic mass is 9.86. The molecule has 0 saturated heterocycles. The highest BCUT2D eigenvalue weighted by Crippen LogP contribution is 2.29. The van der Waals surface area contributed by atoms with E-state index in [0.717, 1.165) is 19.4 Å². The van der Waals surface area contributed by atoms with Gasteiger partial charge in [-0.25, -0.2) is 0 Å². The van der Waals surface area contributed by atoms with E-state index in [1.165, 1.54) is 11.1 Å². The summed E-state index contributed by atoms with van der Waals surface area (Å²) >= 11 is 0. The number of hydrogen-bond donors (Lipinski definition) is 1. The zero-order valence-electron chi connectivity index (χ0n) is 8.57. The third-order valence-electron chi connectivity index (χ3n) is 2.89. The van der Waals surface area contributed by atoms with Crippen LogP contribution >= 0.6 is 0 Å². The van der Waals surface area contributed by atoms with Crippen LogP contribution < -0.4 is 5.73 Å². The van der Waals surface area contributed by atoms with Crippen molar-refractivity contribution < 1.29 is 4.74 Å². The van der Waals surface area contributed by atoms with Crippen molar-refractivity contribution in [3.8, 4) is 0 Å². The van der Waals surface area contributed by atoms with Crippen molar-refractivity contribution >= 4 is 0 Å². The molecule has 1 aromatic carbocycles.